The molecule has 0 saturated heterocycles. The molecule has 27 heavy (non-hydrogen) atoms. The molecule has 0 saturated carbocycles. The Balaban J connectivity index is 1.82. The summed E-state index contributed by atoms with van der Waals surface area (Å²) in [6.07, 6.45) is -0.104. The minimum Gasteiger partial charge on any atom is -0.493 e. The molecule has 3 rings (SSSR count). The molecule has 0 aliphatic carbocycles. The van der Waals surface area contributed by atoms with Crippen LogP contribution in [-0.4, -0.2) is 13.0 Å². The molecule has 6 heteroatoms. The van der Waals surface area contributed by atoms with E-state index in [9.17, 15) is 9.18 Å². The van der Waals surface area contributed by atoms with Crippen molar-refractivity contribution in [2.75, 3.05) is 12.4 Å². The highest BCUT2D eigenvalue weighted by Crippen LogP contribution is 2.36. The van der Waals surface area contributed by atoms with E-state index in [1.54, 1.807) is 55.6 Å². The van der Waals surface area contributed by atoms with E-state index in [1.807, 2.05) is 12.1 Å². The van der Waals surface area contributed by atoms with Gasteiger partial charge in [0.1, 0.15) is 5.82 Å². The maximum atomic E-state index is 13.8. The Morgan fingerprint density at radius 1 is 1.00 bits per heavy atom. The fraction of sp³-hybridized carbons (Fsp3) is 0.0952. The van der Waals surface area contributed by atoms with Gasteiger partial charge < -0.3 is 14.8 Å². The zero-order valence-electron chi connectivity index (χ0n) is 14.5. The number of hydrogen-bond acceptors (Lipinski definition) is 3. The van der Waals surface area contributed by atoms with Gasteiger partial charge in [0.15, 0.2) is 17.2 Å². The van der Waals surface area contributed by atoms with Gasteiger partial charge in [-0.15, -0.1) is 0 Å². The van der Waals surface area contributed by atoms with Gasteiger partial charge in [-0.05, 0) is 42.0 Å². The molecule has 0 aliphatic rings. The van der Waals surface area contributed by atoms with Gasteiger partial charge in [-0.25, -0.2) is 4.39 Å². The number of ether oxygens (including phenoxy) is 2. The first-order chi connectivity index (χ1) is 13.1. The van der Waals surface area contributed by atoms with Crippen LogP contribution in [0.5, 0.6) is 17.2 Å². The van der Waals surface area contributed by atoms with Crippen molar-refractivity contribution in [3.05, 3.63) is 83.1 Å². The van der Waals surface area contributed by atoms with Crippen molar-refractivity contribution < 1.29 is 18.7 Å². The summed E-state index contributed by atoms with van der Waals surface area (Å²) in [6, 6.07) is 18.2. The van der Waals surface area contributed by atoms with E-state index in [2.05, 4.69) is 5.32 Å². The molecule has 4 nitrogen and oxygen atoms in total. The molecule has 0 bridgehead atoms. The lowest BCUT2D eigenvalue weighted by Gasteiger charge is -2.14. The summed E-state index contributed by atoms with van der Waals surface area (Å²) in [5, 5.41) is 3.16. The summed E-state index contributed by atoms with van der Waals surface area (Å²) in [4.78, 5) is 12.4. The van der Waals surface area contributed by atoms with Crippen LogP contribution >= 0.6 is 11.6 Å². The standard InChI is InChI=1S/C21H17ClFNO3/c1-26-19-8-4-5-9-20(19)27-18-11-10-15(22)13-17(18)24-21(25)12-14-6-2-3-7-16(14)23/h2-11,13H,12H2,1H3,(H,24,25). The minimum absolute atomic E-state index is 0.104. The molecule has 0 atom stereocenters. The number of methoxy groups -OCH3 is 1. The number of carbonyl (C=O) groups is 1. The fourth-order valence-corrected chi connectivity index (χ4v) is 2.69. The van der Waals surface area contributed by atoms with Crippen molar-refractivity contribution in [1.29, 1.82) is 0 Å². The fourth-order valence-electron chi connectivity index (χ4n) is 2.52. The lowest BCUT2D eigenvalue weighted by atomic mass is 10.1. The zero-order chi connectivity index (χ0) is 19.2. The predicted molar refractivity (Wildman–Crippen MR) is 103 cm³/mol. The molecule has 0 heterocycles. The monoisotopic (exact) mass is 385 g/mol. The van der Waals surface area contributed by atoms with Crippen molar-refractivity contribution in [2.24, 2.45) is 0 Å². The summed E-state index contributed by atoms with van der Waals surface area (Å²) < 4.78 is 24.9. The second kappa shape index (κ2) is 8.56. The van der Waals surface area contributed by atoms with Crippen LogP contribution < -0.4 is 14.8 Å². The van der Waals surface area contributed by atoms with E-state index in [0.29, 0.717) is 33.5 Å². The van der Waals surface area contributed by atoms with Crippen LogP contribution in [0.3, 0.4) is 0 Å². The highest BCUT2D eigenvalue weighted by molar-refractivity contribution is 6.31. The van der Waals surface area contributed by atoms with E-state index in [0.717, 1.165) is 0 Å². The average Bonchev–Trinajstić information content (AvgIpc) is 2.66. The molecule has 0 fully saturated rings. The number of amides is 1. The molecule has 0 radical (unpaired) electrons. The Hall–Kier alpha value is -3.05. The second-order valence-electron chi connectivity index (χ2n) is 5.71. The number of halogens is 2. The smallest absolute Gasteiger partial charge is 0.229 e. The second-order valence-corrected chi connectivity index (χ2v) is 6.15. The number of para-hydroxylation sites is 2. The SMILES string of the molecule is COc1ccccc1Oc1ccc(Cl)cc1NC(=O)Cc1ccccc1F. The third kappa shape index (κ3) is 4.77. The molecule has 1 N–H and O–H groups in total. The van der Waals surface area contributed by atoms with Crippen LogP contribution in [0.4, 0.5) is 10.1 Å². The number of anilines is 1. The van der Waals surface area contributed by atoms with Crippen molar-refractivity contribution in [2.45, 2.75) is 6.42 Å². The van der Waals surface area contributed by atoms with Crippen molar-refractivity contribution in [3.63, 3.8) is 0 Å². The summed E-state index contributed by atoms with van der Waals surface area (Å²) in [5.74, 6) is 0.630. The van der Waals surface area contributed by atoms with Gasteiger partial charge in [0.2, 0.25) is 5.91 Å². The number of benzene rings is 3. The lowest BCUT2D eigenvalue weighted by molar-refractivity contribution is -0.115. The first-order valence-corrected chi connectivity index (χ1v) is 8.58. The molecular formula is C21H17ClFNO3. The molecule has 3 aromatic carbocycles. The highest BCUT2D eigenvalue weighted by atomic mass is 35.5. The molecule has 3 aromatic rings. The summed E-state index contributed by atoms with van der Waals surface area (Å²) in [6.45, 7) is 0. The molecule has 0 aromatic heterocycles. The Morgan fingerprint density at radius 3 is 2.44 bits per heavy atom. The summed E-state index contributed by atoms with van der Waals surface area (Å²) in [7, 11) is 1.54. The minimum atomic E-state index is -0.427. The van der Waals surface area contributed by atoms with Crippen LogP contribution in [0, 0.1) is 5.82 Å². The summed E-state index contributed by atoms with van der Waals surface area (Å²) in [5.41, 5.74) is 0.693. The van der Waals surface area contributed by atoms with Gasteiger partial charge >= 0.3 is 0 Å². The Labute approximate surface area is 161 Å². The van der Waals surface area contributed by atoms with Gasteiger partial charge in [0, 0.05) is 5.02 Å². The van der Waals surface area contributed by atoms with Gasteiger partial charge in [-0.1, -0.05) is 41.9 Å². The van der Waals surface area contributed by atoms with Crippen molar-refractivity contribution in [3.8, 4) is 17.2 Å². The Kier molecular flexibility index (Phi) is 5.94. The van der Waals surface area contributed by atoms with Crippen LogP contribution in [0.25, 0.3) is 0 Å². The largest absolute Gasteiger partial charge is 0.493 e. The van der Waals surface area contributed by atoms with E-state index in [4.69, 9.17) is 21.1 Å². The molecule has 1 amide bonds. The third-order valence-corrected chi connectivity index (χ3v) is 4.05. The summed E-state index contributed by atoms with van der Waals surface area (Å²) >= 11 is 6.06. The van der Waals surface area contributed by atoms with Gasteiger partial charge in [-0.3, -0.25) is 4.79 Å². The number of carbonyl (C=O) groups excluding carboxylic acids is 1. The first-order valence-electron chi connectivity index (χ1n) is 8.20. The maximum absolute atomic E-state index is 13.8. The number of nitrogens with one attached hydrogen (secondary N) is 1. The van der Waals surface area contributed by atoms with Crippen LogP contribution in [0.1, 0.15) is 5.56 Å². The first kappa shape index (κ1) is 18.7. The van der Waals surface area contributed by atoms with Crippen LogP contribution in [0.2, 0.25) is 5.02 Å². The molecular weight excluding hydrogens is 369 g/mol. The Bertz CT molecular complexity index is 962. The molecule has 138 valence electrons. The normalized spacial score (nSPS) is 10.3. The van der Waals surface area contributed by atoms with Crippen molar-refractivity contribution >= 4 is 23.2 Å². The zero-order valence-corrected chi connectivity index (χ0v) is 15.3. The average molecular weight is 386 g/mol. The van der Waals surface area contributed by atoms with Gasteiger partial charge in [0.05, 0.1) is 19.2 Å². The molecule has 0 spiro atoms. The number of rotatable bonds is 6. The quantitative estimate of drug-likeness (QED) is 0.612. The van der Waals surface area contributed by atoms with E-state index in [-0.39, 0.29) is 12.3 Å². The van der Waals surface area contributed by atoms with E-state index >= 15 is 0 Å². The van der Waals surface area contributed by atoms with E-state index in [1.165, 1.54) is 6.07 Å². The Morgan fingerprint density at radius 2 is 1.70 bits per heavy atom. The van der Waals surface area contributed by atoms with Crippen molar-refractivity contribution in [1.82, 2.24) is 0 Å². The lowest BCUT2D eigenvalue weighted by Crippen LogP contribution is -2.15. The predicted octanol–water partition coefficient (Wildman–Crippen LogP) is 5.46. The third-order valence-electron chi connectivity index (χ3n) is 3.81. The topological polar surface area (TPSA) is 47.6 Å². The highest BCUT2D eigenvalue weighted by Gasteiger charge is 2.13. The molecule has 0 unspecified atom stereocenters. The maximum Gasteiger partial charge on any atom is 0.229 e. The van der Waals surface area contributed by atoms with Gasteiger partial charge in [-0.2, -0.15) is 0 Å². The molecule has 0 aliphatic heterocycles. The van der Waals surface area contributed by atoms with Crippen LogP contribution in [-0.2, 0) is 11.2 Å². The van der Waals surface area contributed by atoms with Crippen LogP contribution in [0.15, 0.2) is 66.7 Å². The van der Waals surface area contributed by atoms with Gasteiger partial charge in [0.25, 0.3) is 0 Å². The number of hydrogen-bond donors (Lipinski definition) is 1. The van der Waals surface area contributed by atoms with E-state index < -0.39 is 5.82 Å².